The fourth-order valence-electron chi connectivity index (χ4n) is 2.88. The minimum Gasteiger partial charge on any atom is -0.478 e. The van der Waals surface area contributed by atoms with Gasteiger partial charge in [0.25, 0.3) is 0 Å². The molecule has 0 fully saturated rings. The van der Waals surface area contributed by atoms with E-state index in [1.807, 2.05) is 109 Å². The summed E-state index contributed by atoms with van der Waals surface area (Å²) in [6, 6.07) is 32.6. The number of hydrogen-bond acceptors (Lipinski definition) is 1. The summed E-state index contributed by atoms with van der Waals surface area (Å²) >= 11 is 0. The van der Waals surface area contributed by atoms with E-state index in [1.165, 1.54) is 0 Å². The molecule has 0 saturated heterocycles. The second kappa shape index (κ2) is 9.16. The van der Waals surface area contributed by atoms with Gasteiger partial charge in [-0.1, -0.05) is 109 Å². The largest absolute Gasteiger partial charge is 0.478 e. The Balaban J connectivity index is 2.32. The Bertz CT molecular complexity index is 1060. The van der Waals surface area contributed by atoms with Crippen LogP contribution in [0.25, 0.3) is 22.9 Å². The summed E-state index contributed by atoms with van der Waals surface area (Å²) in [4.78, 5) is 11.7. The fourth-order valence-corrected chi connectivity index (χ4v) is 2.88. The highest BCUT2D eigenvalue weighted by Gasteiger charge is 2.13. The monoisotopic (exact) mass is 352 g/mol. The lowest BCUT2D eigenvalue weighted by atomic mass is 10.0. The molecule has 1 aliphatic carbocycles. The van der Waals surface area contributed by atoms with Crippen molar-refractivity contribution in [1.29, 1.82) is 0 Å². The molecule has 0 aliphatic heterocycles. The van der Waals surface area contributed by atoms with Crippen LogP contribution in [0.5, 0.6) is 0 Å². The number of aromatic carboxylic acids is 1. The van der Waals surface area contributed by atoms with Gasteiger partial charge in [-0.05, 0) is 28.0 Å². The first-order chi connectivity index (χ1) is 13.3. The quantitative estimate of drug-likeness (QED) is 0.550. The van der Waals surface area contributed by atoms with Gasteiger partial charge < -0.3 is 5.11 Å². The van der Waals surface area contributed by atoms with E-state index >= 15 is 0 Å². The van der Waals surface area contributed by atoms with Crippen LogP contribution in [0.15, 0.2) is 103 Å². The molecule has 3 rings (SSSR count). The molecule has 0 radical (unpaired) electrons. The molecule has 27 heavy (non-hydrogen) atoms. The van der Waals surface area contributed by atoms with Gasteiger partial charge in [-0.3, -0.25) is 0 Å². The van der Waals surface area contributed by atoms with Crippen LogP contribution in [-0.4, -0.2) is 11.1 Å². The van der Waals surface area contributed by atoms with Crippen LogP contribution in [0.2, 0.25) is 0 Å². The maximum Gasteiger partial charge on any atom is 0.336 e. The second-order valence-electron chi connectivity index (χ2n) is 5.92. The molecule has 0 amide bonds. The number of hydrogen-bond donors (Lipinski definition) is 1. The molecule has 0 heterocycles. The van der Waals surface area contributed by atoms with Gasteiger partial charge >= 0.3 is 5.97 Å². The Morgan fingerprint density at radius 3 is 1.52 bits per heavy atom. The van der Waals surface area contributed by atoms with Gasteiger partial charge in [0.05, 0.1) is 5.56 Å². The van der Waals surface area contributed by atoms with Crippen LogP contribution >= 0.6 is 0 Å². The number of carbonyl (C=O) groups is 1. The van der Waals surface area contributed by atoms with Crippen molar-refractivity contribution in [2.45, 2.75) is 0 Å². The summed E-state index contributed by atoms with van der Waals surface area (Å²) in [7, 11) is 0. The maximum absolute atomic E-state index is 11.7. The average molecular weight is 352 g/mol. The van der Waals surface area contributed by atoms with Crippen molar-refractivity contribution >= 4 is 28.9 Å². The van der Waals surface area contributed by atoms with E-state index in [0.29, 0.717) is 5.56 Å². The molecule has 2 aromatic carbocycles. The Hall–Kier alpha value is -3.65. The molecule has 2 aromatic rings. The maximum atomic E-state index is 11.7. The molecule has 1 aliphatic rings. The lowest BCUT2D eigenvalue weighted by Gasteiger charge is -2.03. The van der Waals surface area contributed by atoms with Crippen LogP contribution < -0.4 is 0 Å². The minimum absolute atomic E-state index is 0.301. The Morgan fingerprint density at radius 2 is 1.00 bits per heavy atom. The van der Waals surface area contributed by atoms with E-state index in [9.17, 15) is 9.90 Å². The molecule has 0 bridgehead atoms. The Morgan fingerprint density at radius 1 is 0.556 bits per heavy atom. The third-order valence-electron chi connectivity index (χ3n) is 4.11. The van der Waals surface area contributed by atoms with E-state index in [1.54, 1.807) is 6.07 Å². The first kappa shape index (κ1) is 18.2. The van der Waals surface area contributed by atoms with Crippen molar-refractivity contribution in [3.8, 4) is 0 Å². The highest BCUT2D eigenvalue weighted by atomic mass is 16.4. The van der Waals surface area contributed by atoms with Crippen molar-refractivity contribution in [1.82, 2.24) is 0 Å². The fraction of sp³-hybridized carbons (Fsp3) is 0. The third-order valence-corrected chi connectivity index (χ3v) is 4.11. The van der Waals surface area contributed by atoms with Crippen molar-refractivity contribution in [3.63, 3.8) is 0 Å². The molecule has 2 heteroatoms. The zero-order valence-electron chi connectivity index (χ0n) is 14.8. The zero-order chi connectivity index (χ0) is 18.9. The Kier molecular flexibility index (Phi) is 6.16. The molecular weight excluding hydrogens is 332 g/mol. The highest BCUT2D eigenvalue weighted by Crippen LogP contribution is 2.31. The first-order valence-corrected chi connectivity index (χ1v) is 8.74. The number of carboxylic acid groups (broad SMARTS) is 1. The molecule has 132 valence electrons. The van der Waals surface area contributed by atoms with Crippen molar-refractivity contribution in [2.75, 3.05) is 0 Å². The average Bonchev–Trinajstić information content (AvgIpc) is 3.07. The topological polar surface area (TPSA) is 37.3 Å². The van der Waals surface area contributed by atoms with Gasteiger partial charge in [-0.2, -0.15) is 0 Å². The summed E-state index contributed by atoms with van der Waals surface area (Å²) < 4.78 is 0. The smallest absolute Gasteiger partial charge is 0.336 e. The van der Waals surface area contributed by atoms with E-state index in [0.717, 1.165) is 21.9 Å². The summed E-state index contributed by atoms with van der Waals surface area (Å²) in [5.41, 5.74) is 2.33. The van der Waals surface area contributed by atoms with Gasteiger partial charge in [0.1, 0.15) is 0 Å². The molecule has 1 N–H and O–H groups in total. The Labute approximate surface area is 159 Å². The molecule has 0 unspecified atom stereocenters. The lowest BCUT2D eigenvalue weighted by molar-refractivity contribution is 0.0699. The summed E-state index contributed by atoms with van der Waals surface area (Å²) in [6.07, 6.45) is 4.03. The third kappa shape index (κ3) is 4.71. The highest BCUT2D eigenvalue weighted by molar-refractivity contribution is 6.11. The SMILES string of the molecule is O=C(O)c1ccc2c3c(cccccccccccccccc13)C=C2. The van der Waals surface area contributed by atoms with Crippen LogP contribution in [-0.2, 0) is 0 Å². The normalized spacial score (nSPS) is 10.4. The van der Waals surface area contributed by atoms with Crippen molar-refractivity contribution in [3.05, 3.63) is 120 Å². The van der Waals surface area contributed by atoms with Crippen LogP contribution in [0, 0.1) is 0 Å². The predicted octanol–water partition coefficient (Wildman–Crippen LogP) is 6.40. The minimum atomic E-state index is -0.926. The number of rotatable bonds is 1. The predicted molar refractivity (Wildman–Crippen MR) is 113 cm³/mol. The van der Waals surface area contributed by atoms with Crippen LogP contribution in [0.4, 0.5) is 0 Å². The van der Waals surface area contributed by atoms with Gasteiger partial charge in [0, 0.05) is 0 Å². The van der Waals surface area contributed by atoms with E-state index in [4.69, 9.17) is 0 Å². The van der Waals surface area contributed by atoms with Gasteiger partial charge in [0.15, 0.2) is 0 Å². The summed E-state index contributed by atoms with van der Waals surface area (Å²) in [5, 5.41) is 11.3. The second-order valence-corrected chi connectivity index (χ2v) is 5.92. The molecular formula is C25H20O2. The van der Waals surface area contributed by atoms with Gasteiger partial charge in [0.2, 0.25) is 0 Å². The lowest BCUT2D eigenvalue weighted by Crippen LogP contribution is -1.97. The van der Waals surface area contributed by atoms with Gasteiger partial charge in [-0.15, -0.1) is 0 Å². The van der Waals surface area contributed by atoms with Crippen molar-refractivity contribution < 1.29 is 9.90 Å². The van der Waals surface area contributed by atoms with E-state index in [2.05, 4.69) is 0 Å². The summed E-state index contributed by atoms with van der Waals surface area (Å²) in [6.45, 7) is 0. The van der Waals surface area contributed by atoms with Crippen LogP contribution in [0.1, 0.15) is 21.5 Å². The molecule has 0 spiro atoms. The zero-order valence-corrected chi connectivity index (χ0v) is 14.8. The molecule has 0 atom stereocenters. The van der Waals surface area contributed by atoms with Gasteiger partial charge in [-0.25, -0.2) is 4.79 Å². The van der Waals surface area contributed by atoms with E-state index < -0.39 is 5.97 Å². The molecule has 2 nitrogen and oxygen atoms in total. The van der Waals surface area contributed by atoms with Crippen molar-refractivity contribution in [2.24, 2.45) is 0 Å². The van der Waals surface area contributed by atoms with Crippen LogP contribution in [0.3, 0.4) is 0 Å². The number of benzene rings is 1. The summed E-state index contributed by atoms with van der Waals surface area (Å²) in [5.74, 6) is -0.926. The molecule has 0 saturated carbocycles. The standard InChI is InChI=1S/C25H20O2/c26-25(27)23-19-18-21-17-16-20-14-12-10-8-6-4-2-1-3-5-7-9-11-13-15-22(23)24(20)21/h1-19H,(H,26,27). The number of carboxylic acids is 1. The molecule has 0 aromatic heterocycles. The first-order valence-electron chi connectivity index (χ1n) is 8.74. The van der Waals surface area contributed by atoms with E-state index in [-0.39, 0.29) is 0 Å².